The van der Waals surface area contributed by atoms with Crippen LogP contribution >= 0.6 is 0 Å². The minimum absolute atomic E-state index is 0.0745. The number of nitrogens with one attached hydrogen (secondary N) is 1. The molecule has 0 saturated carbocycles. The molecule has 0 aliphatic heterocycles. The summed E-state index contributed by atoms with van der Waals surface area (Å²) in [6.45, 7) is 3.98. The zero-order valence-electron chi connectivity index (χ0n) is 10.5. The van der Waals surface area contributed by atoms with Gasteiger partial charge in [0, 0.05) is 0 Å². The van der Waals surface area contributed by atoms with Crippen molar-refractivity contribution in [2.24, 2.45) is 11.7 Å². The van der Waals surface area contributed by atoms with Crippen LogP contribution in [0.5, 0.6) is 0 Å². The SMILES string of the molecule is CC(C)C[C@H](NC(=O)c1ccc(CN)o1)C(=O)O. The Morgan fingerprint density at radius 3 is 2.56 bits per heavy atom. The minimum Gasteiger partial charge on any atom is -0.480 e. The second-order valence-electron chi connectivity index (χ2n) is 4.46. The smallest absolute Gasteiger partial charge is 0.326 e. The van der Waals surface area contributed by atoms with Gasteiger partial charge in [-0.2, -0.15) is 0 Å². The fraction of sp³-hybridized carbons (Fsp3) is 0.500. The maximum absolute atomic E-state index is 11.8. The van der Waals surface area contributed by atoms with Crippen LogP contribution in [0.25, 0.3) is 0 Å². The van der Waals surface area contributed by atoms with Gasteiger partial charge in [0.2, 0.25) is 0 Å². The number of furan rings is 1. The number of hydrogen-bond acceptors (Lipinski definition) is 4. The average Bonchev–Trinajstić information content (AvgIpc) is 2.75. The van der Waals surface area contributed by atoms with Crippen LogP contribution in [0.4, 0.5) is 0 Å². The summed E-state index contributed by atoms with van der Waals surface area (Å²) in [7, 11) is 0. The van der Waals surface area contributed by atoms with Gasteiger partial charge in [-0.3, -0.25) is 4.79 Å². The van der Waals surface area contributed by atoms with Crippen molar-refractivity contribution in [3.63, 3.8) is 0 Å². The maximum atomic E-state index is 11.8. The molecule has 0 bridgehead atoms. The van der Waals surface area contributed by atoms with E-state index in [1.54, 1.807) is 6.07 Å². The van der Waals surface area contributed by atoms with Gasteiger partial charge in [-0.05, 0) is 24.5 Å². The molecule has 4 N–H and O–H groups in total. The van der Waals surface area contributed by atoms with Crippen molar-refractivity contribution in [2.75, 3.05) is 0 Å². The van der Waals surface area contributed by atoms with Crippen molar-refractivity contribution in [2.45, 2.75) is 32.9 Å². The van der Waals surface area contributed by atoms with Crippen molar-refractivity contribution >= 4 is 11.9 Å². The van der Waals surface area contributed by atoms with E-state index in [1.165, 1.54) is 6.07 Å². The second kappa shape index (κ2) is 6.20. The summed E-state index contributed by atoms with van der Waals surface area (Å²) in [6, 6.07) is 2.16. The van der Waals surface area contributed by atoms with Crippen molar-refractivity contribution < 1.29 is 19.1 Å². The highest BCUT2D eigenvalue weighted by Gasteiger charge is 2.23. The molecule has 0 aromatic carbocycles. The molecule has 0 fully saturated rings. The van der Waals surface area contributed by atoms with Crippen LogP contribution in [0.1, 0.15) is 36.6 Å². The number of hydrogen-bond donors (Lipinski definition) is 3. The van der Waals surface area contributed by atoms with Crippen LogP contribution in [0.15, 0.2) is 16.5 Å². The number of carboxylic acids is 1. The predicted octanol–water partition coefficient (Wildman–Crippen LogP) is 0.967. The van der Waals surface area contributed by atoms with Crippen molar-refractivity contribution in [1.82, 2.24) is 5.32 Å². The van der Waals surface area contributed by atoms with Gasteiger partial charge in [0.25, 0.3) is 5.91 Å². The Hall–Kier alpha value is -1.82. The minimum atomic E-state index is -1.05. The van der Waals surface area contributed by atoms with E-state index in [2.05, 4.69) is 5.32 Å². The van der Waals surface area contributed by atoms with Gasteiger partial charge >= 0.3 is 5.97 Å². The fourth-order valence-corrected chi connectivity index (χ4v) is 1.53. The summed E-state index contributed by atoms with van der Waals surface area (Å²) in [6.07, 6.45) is 0.367. The number of carboxylic acid groups (broad SMARTS) is 1. The predicted molar refractivity (Wildman–Crippen MR) is 64.9 cm³/mol. The van der Waals surface area contributed by atoms with E-state index in [9.17, 15) is 9.59 Å². The molecule has 1 atom stereocenters. The van der Waals surface area contributed by atoms with Gasteiger partial charge in [-0.25, -0.2) is 4.79 Å². The highest BCUT2D eigenvalue weighted by molar-refractivity contribution is 5.94. The average molecular weight is 254 g/mol. The highest BCUT2D eigenvalue weighted by atomic mass is 16.4. The van der Waals surface area contributed by atoms with Gasteiger partial charge < -0.3 is 20.6 Å². The molecule has 0 spiro atoms. The molecule has 0 unspecified atom stereocenters. The number of rotatable bonds is 6. The molecule has 0 radical (unpaired) electrons. The van der Waals surface area contributed by atoms with Crippen LogP contribution in [0, 0.1) is 5.92 Å². The van der Waals surface area contributed by atoms with Gasteiger partial charge in [0.05, 0.1) is 6.54 Å². The van der Waals surface area contributed by atoms with E-state index < -0.39 is 17.9 Å². The topological polar surface area (TPSA) is 106 Å². The molecule has 100 valence electrons. The van der Waals surface area contributed by atoms with E-state index >= 15 is 0 Å². The van der Waals surface area contributed by atoms with E-state index in [4.69, 9.17) is 15.3 Å². The van der Waals surface area contributed by atoms with Crippen LogP contribution in [0.3, 0.4) is 0 Å². The Balaban J connectivity index is 2.69. The molecule has 1 aromatic rings. The third kappa shape index (κ3) is 3.89. The molecular formula is C12H18N2O4. The number of carbonyl (C=O) groups excluding carboxylic acids is 1. The molecule has 6 heteroatoms. The Kier molecular flexibility index (Phi) is 4.91. The molecule has 0 saturated heterocycles. The van der Waals surface area contributed by atoms with Crippen molar-refractivity contribution in [3.05, 3.63) is 23.7 Å². The first-order chi connectivity index (χ1) is 8.43. The number of nitrogens with two attached hydrogens (primary N) is 1. The molecule has 6 nitrogen and oxygen atoms in total. The normalized spacial score (nSPS) is 12.4. The Morgan fingerprint density at radius 2 is 2.11 bits per heavy atom. The maximum Gasteiger partial charge on any atom is 0.326 e. The van der Waals surface area contributed by atoms with E-state index in [0.29, 0.717) is 12.2 Å². The van der Waals surface area contributed by atoms with E-state index in [-0.39, 0.29) is 18.2 Å². The summed E-state index contributed by atoms with van der Waals surface area (Å²) in [5, 5.41) is 11.4. The molecular weight excluding hydrogens is 236 g/mol. The highest BCUT2D eigenvalue weighted by Crippen LogP contribution is 2.09. The van der Waals surface area contributed by atoms with Gasteiger partial charge in [0.1, 0.15) is 11.8 Å². The number of carbonyl (C=O) groups is 2. The quantitative estimate of drug-likeness (QED) is 0.701. The first-order valence-corrected chi connectivity index (χ1v) is 5.76. The molecule has 0 aliphatic carbocycles. The molecule has 0 aliphatic rings. The second-order valence-corrected chi connectivity index (χ2v) is 4.46. The van der Waals surface area contributed by atoms with E-state index in [1.807, 2.05) is 13.8 Å². The molecule has 1 amide bonds. The van der Waals surface area contributed by atoms with Gasteiger partial charge in [-0.15, -0.1) is 0 Å². The van der Waals surface area contributed by atoms with E-state index in [0.717, 1.165) is 0 Å². The Bertz CT molecular complexity index is 425. The first-order valence-electron chi connectivity index (χ1n) is 5.76. The lowest BCUT2D eigenvalue weighted by molar-refractivity contribution is -0.139. The standard InChI is InChI=1S/C12H18N2O4/c1-7(2)5-9(12(16)17)14-11(15)10-4-3-8(6-13)18-10/h3-4,7,9H,5-6,13H2,1-2H3,(H,14,15)(H,16,17)/t9-/m0/s1. The lowest BCUT2D eigenvalue weighted by atomic mass is 10.0. The van der Waals surface area contributed by atoms with Gasteiger partial charge in [-0.1, -0.05) is 13.8 Å². The van der Waals surface area contributed by atoms with Crippen LogP contribution in [0.2, 0.25) is 0 Å². The molecule has 1 aromatic heterocycles. The summed E-state index contributed by atoms with van der Waals surface area (Å²) < 4.78 is 5.15. The molecule has 1 heterocycles. The third-order valence-electron chi connectivity index (χ3n) is 2.40. The fourth-order valence-electron chi connectivity index (χ4n) is 1.53. The van der Waals surface area contributed by atoms with Crippen molar-refractivity contribution in [3.8, 4) is 0 Å². The first kappa shape index (κ1) is 14.2. The molecule has 18 heavy (non-hydrogen) atoms. The monoisotopic (exact) mass is 254 g/mol. The largest absolute Gasteiger partial charge is 0.480 e. The third-order valence-corrected chi connectivity index (χ3v) is 2.40. The summed E-state index contributed by atoms with van der Waals surface area (Å²) >= 11 is 0. The zero-order valence-corrected chi connectivity index (χ0v) is 10.5. The Labute approximate surface area is 105 Å². The number of aliphatic carboxylic acids is 1. The van der Waals surface area contributed by atoms with Crippen LogP contribution < -0.4 is 11.1 Å². The molecule has 1 rings (SSSR count). The Morgan fingerprint density at radius 1 is 1.44 bits per heavy atom. The van der Waals surface area contributed by atoms with Crippen LogP contribution in [-0.2, 0) is 11.3 Å². The lowest BCUT2D eigenvalue weighted by Gasteiger charge is -2.15. The van der Waals surface area contributed by atoms with Gasteiger partial charge in [0.15, 0.2) is 5.76 Å². The van der Waals surface area contributed by atoms with Crippen LogP contribution in [-0.4, -0.2) is 23.0 Å². The summed E-state index contributed by atoms with van der Waals surface area (Å²) in [5.74, 6) is -0.866. The number of amides is 1. The lowest BCUT2D eigenvalue weighted by Crippen LogP contribution is -2.41. The summed E-state index contributed by atoms with van der Waals surface area (Å²) in [4.78, 5) is 22.8. The van der Waals surface area contributed by atoms with Crippen molar-refractivity contribution in [1.29, 1.82) is 0 Å². The zero-order chi connectivity index (χ0) is 13.7. The summed E-state index contributed by atoms with van der Waals surface area (Å²) in [5.41, 5.74) is 5.36.